The lowest BCUT2D eigenvalue weighted by Gasteiger charge is -2.12. The zero-order valence-electron chi connectivity index (χ0n) is 19.1. The van der Waals surface area contributed by atoms with E-state index < -0.39 is 0 Å². The molecule has 0 saturated carbocycles. The van der Waals surface area contributed by atoms with Crippen LogP contribution in [0, 0.1) is 0 Å². The van der Waals surface area contributed by atoms with Gasteiger partial charge in [-0.3, -0.25) is 9.59 Å². The van der Waals surface area contributed by atoms with Gasteiger partial charge in [0, 0.05) is 38.1 Å². The van der Waals surface area contributed by atoms with Crippen LogP contribution in [0.4, 0.5) is 11.4 Å². The van der Waals surface area contributed by atoms with Gasteiger partial charge in [-0.25, -0.2) is 0 Å². The minimum absolute atomic E-state index is 0.0237. The average molecular weight is 421 g/mol. The summed E-state index contributed by atoms with van der Waals surface area (Å²) in [4.78, 5) is 23.7. The van der Waals surface area contributed by atoms with Gasteiger partial charge in [-0.2, -0.15) is 0 Å². The van der Waals surface area contributed by atoms with Crippen LogP contribution in [0.2, 0.25) is 0 Å². The molecule has 31 heavy (non-hydrogen) atoms. The smallest absolute Gasteiger partial charge is 0.161 e. The first-order valence-corrected chi connectivity index (χ1v) is 10.2. The minimum atomic E-state index is 0.0237. The largest absolute Gasteiger partial charge is 0.507 e. The van der Waals surface area contributed by atoms with Gasteiger partial charge in [-0.1, -0.05) is 50.2 Å². The predicted octanol–water partition coefficient (Wildman–Crippen LogP) is 5.89. The molecule has 0 bridgehead atoms. The van der Waals surface area contributed by atoms with Crippen molar-refractivity contribution in [3.05, 3.63) is 77.9 Å². The number of hydrogen-bond acceptors (Lipinski definition) is 5. The normalized spacial score (nSPS) is 9.35. The van der Waals surface area contributed by atoms with E-state index in [1.165, 1.54) is 6.07 Å². The zero-order valence-corrected chi connectivity index (χ0v) is 19.1. The van der Waals surface area contributed by atoms with Crippen LogP contribution >= 0.6 is 0 Å². The van der Waals surface area contributed by atoms with Crippen LogP contribution in [0.5, 0.6) is 5.75 Å². The van der Waals surface area contributed by atoms with Crippen LogP contribution < -0.4 is 10.2 Å². The second-order valence-corrected chi connectivity index (χ2v) is 6.69. The Morgan fingerprint density at radius 3 is 2.10 bits per heavy atom. The van der Waals surface area contributed by atoms with E-state index in [9.17, 15) is 9.59 Å². The second-order valence-electron chi connectivity index (χ2n) is 6.69. The number of ketones is 1. The van der Waals surface area contributed by atoms with E-state index in [2.05, 4.69) is 17.4 Å². The number of aromatic hydroxyl groups is 1. The molecule has 5 nitrogen and oxygen atoms in total. The number of aldehydes is 1. The number of hydrogen-bond donors (Lipinski definition) is 2. The molecule has 0 aliphatic rings. The van der Waals surface area contributed by atoms with Crippen molar-refractivity contribution in [2.45, 2.75) is 20.8 Å². The molecule has 5 heteroatoms. The number of benzene rings is 3. The molecular formula is C26H32N2O3. The van der Waals surface area contributed by atoms with Crippen molar-refractivity contribution in [1.29, 1.82) is 0 Å². The fourth-order valence-electron chi connectivity index (χ4n) is 2.78. The van der Waals surface area contributed by atoms with E-state index in [4.69, 9.17) is 5.11 Å². The third kappa shape index (κ3) is 7.30. The number of anilines is 2. The van der Waals surface area contributed by atoms with Gasteiger partial charge < -0.3 is 15.3 Å². The molecule has 0 amide bonds. The molecule has 0 heterocycles. The summed E-state index contributed by atoms with van der Waals surface area (Å²) >= 11 is 0. The highest BCUT2D eigenvalue weighted by Gasteiger charge is 2.07. The molecule has 0 aliphatic heterocycles. The standard InChI is InChI=1S/C15H15NO.C9H11NO2.C2H6/c1-11(17)14-9-8-13(10-15(14)16-2)12-6-4-3-5-7-12;1-10(2)8-3-4-9(12)7(5-8)6-11;1-2/h3-10,16H,1-2H3;3-6,12H,1-2H3;1-2H3. The van der Waals surface area contributed by atoms with Gasteiger partial charge in [-0.05, 0) is 48.4 Å². The fraction of sp³-hybridized carbons (Fsp3) is 0.231. The summed E-state index contributed by atoms with van der Waals surface area (Å²) < 4.78 is 0. The number of phenolic OH excluding ortho intramolecular Hbond substituents is 1. The number of rotatable bonds is 5. The van der Waals surface area contributed by atoms with Crippen LogP contribution in [-0.2, 0) is 0 Å². The van der Waals surface area contributed by atoms with Gasteiger partial charge in [0.25, 0.3) is 0 Å². The van der Waals surface area contributed by atoms with Crippen LogP contribution in [0.25, 0.3) is 11.1 Å². The maximum Gasteiger partial charge on any atom is 0.161 e. The van der Waals surface area contributed by atoms with Crippen molar-refractivity contribution in [2.24, 2.45) is 0 Å². The topological polar surface area (TPSA) is 69.6 Å². The van der Waals surface area contributed by atoms with Crippen LogP contribution in [-0.4, -0.2) is 38.3 Å². The van der Waals surface area contributed by atoms with E-state index in [0.29, 0.717) is 11.8 Å². The molecule has 3 rings (SSSR count). The third-order valence-corrected chi connectivity index (χ3v) is 4.43. The van der Waals surface area contributed by atoms with Crippen molar-refractivity contribution in [3.8, 4) is 16.9 Å². The molecule has 0 saturated heterocycles. The second kappa shape index (κ2) is 12.9. The monoisotopic (exact) mass is 420 g/mol. The SMILES string of the molecule is CC.CN(C)c1ccc(O)c(C=O)c1.CNc1cc(-c2ccccc2)ccc1C(C)=O. The fourth-order valence-corrected chi connectivity index (χ4v) is 2.78. The Morgan fingerprint density at radius 2 is 1.58 bits per heavy atom. The van der Waals surface area contributed by atoms with E-state index in [1.54, 1.807) is 19.1 Å². The summed E-state index contributed by atoms with van der Waals surface area (Å²) in [7, 11) is 5.58. The number of nitrogens with one attached hydrogen (secondary N) is 1. The minimum Gasteiger partial charge on any atom is -0.507 e. The van der Waals surface area contributed by atoms with Gasteiger partial charge >= 0.3 is 0 Å². The molecule has 0 atom stereocenters. The Morgan fingerprint density at radius 1 is 0.935 bits per heavy atom. The van der Waals surface area contributed by atoms with Crippen LogP contribution in [0.3, 0.4) is 0 Å². The summed E-state index contributed by atoms with van der Waals surface area (Å²) in [6, 6.07) is 20.9. The molecule has 3 aromatic carbocycles. The molecular weight excluding hydrogens is 388 g/mol. The summed E-state index contributed by atoms with van der Waals surface area (Å²) in [5.74, 6) is 0.101. The Hall–Kier alpha value is -3.60. The number of carbonyl (C=O) groups excluding carboxylic acids is 2. The van der Waals surface area contributed by atoms with Crippen LogP contribution in [0.15, 0.2) is 66.7 Å². The number of phenols is 1. The molecule has 0 radical (unpaired) electrons. The predicted molar refractivity (Wildman–Crippen MR) is 131 cm³/mol. The Kier molecular flexibility index (Phi) is 10.5. The number of Topliss-reactive ketones (excluding diaryl/α,β-unsaturated/α-hetero) is 1. The number of carbonyl (C=O) groups is 2. The van der Waals surface area contributed by atoms with Crippen molar-refractivity contribution in [1.82, 2.24) is 0 Å². The Bertz CT molecular complexity index is 983. The van der Waals surface area contributed by atoms with Crippen molar-refractivity contribution < 1.29 is 14.7 Å². The van der Waals surface area contributed by atoms with E-state index >= 15 is 0 Å². The lowest BCUT2D eigenvalue weighted by molar-refractivity contribution is 0.101. The van der Waals surface area contributed by atoms with E-state index in [-0.39, 0.29) is 11.5 Å². The van der Waals surface area contributed by atoms with Crippen molar-refractivity contribution in [2.75, 3.05) is 31.4 Å². The summed E-state index contributed by atoms with van der Waals surface area (Å²) in [6.07, 6.45) is 0.641. The summed E-state index contributed by atoms with van der Waals surface area (Å²) in [5.41, 5.74) is 5.08. The molecule has 0 fully saturated rings. The van der Waals surface area contributed by atoms with Crippen LogP contribution in [0.1, 0.15) is 41.5 Å². The van der Waals surface area contributed by atoms with Gasteiger partial charge in [0.15, 0.2) is 12.1 Å². The first kappa shape index (κ1) is 25.4. The molecule has 2 N–H and O–H groups in total. The molecule has 0 aromatic heterocycles. The summed E-state index contributed by atoms with van der Waals surface area (Å²) in [6.45, 7) is 5.58. The van der Waals surface area contributed by atoms with Gasteiger partial charge in [0.2, 0.25) is 0 Å². The van der Waals surface area contributed by atoms with Crippen molar-refractivity contribution in [3.63, 3.8) is 0 Å². The Balaban J connectivity index is 0.000000303. The van der Waals surface area contributed by atoms with Gasteiger partial charge in [0.1, 0.15) is 5.75 Å². The lowest BCUT2D eigenvalue weighted by atomic mass is 10.0. The third-order valence-electron chi connectivity index (χ3n) is 4.43. The molecule has 0 spiro atoms. The summed E-state index contributed by atoms with van der Waals surface area (Å²) in [5, 5.41) is 12.2. The molecule has 164 valence electrons. The average Bonchev–Trinajstić information content (AvgIpc) is 2.81. The highest BCUT2D eigenvalue weighted by Crippen LogP contribution is 2.25. The van der Waals surface area contributed by atoms with Crippen molar-refractivity contribution >= 4 is 23.4 Å². The molecule has 0 unspecified atom stereocenters. The maximum absolute atomic E-state index is 11.4. The highest BCUT2D eigenvalue weighted by atomic mass is 16.3. The van der Waals surface area contributed by atoms with Gasteiger partial charge in [0.05, 0.1) is 5.56 Å². The Labute approximate surface area is 185 Å². The zero-order chi connectivity index (χ0) is 23.4. The maximum atomic E-state index is 11.4. The van der Waals surface area contributed by atoms with E-state index in [1.807, 2.05) is 76.3 Å². The molecule has 3 aromatic rings. The highest BCUT2D eigenvalue weighted by molar-refractivity contribution is 6.00. The number of nitrogens with zero attached hydrogens (tertiary/aromatic N) is 1. The van der Waals surface area contributed by atoms with Gasteiger partial charge in [-0.15, -0.1) is 0 Å². The first-order chi connectivity index (χ1) is 14.9. The quantitative estimate of drug-likeness (QED) is 0.397. The molecule has 0 aliphatic carbocycles. The first-order valence-electron chi connectivity index (χ1n) is 10.2. The lowest BCUT2D eigenvalue weighted by Crippen LogP contribution is -2.08. The van der Waals surface area contributed by atoms with E-state index in [0.717, 1.165) is 28.1 Å².